The largest absolute Gasteiger partial charge is 1.00 e. The number of hydrogen-bond donors (Lipinski definition) is 0. The summed E-state index contributed by atoms with van der Waals surface area (Å²) in [6.07, 6.45) is 0.822. The Morgan fingerprint density at radius 1 is 1.70 bits per heavy atom. The standard InChI is InChI=1S/C5H8O3S.Au/c6-5(7)4-2-1-3-9-8-4;/h4H,1-3H2,(H,6,7);/q;+1/p-1. The molecule has 0 aliphatic carbocycles. The van der Waals surface area contributed by atoms with Crippen LogP contribution in [-0.2, 0) is 31.4 Å². The first kappa shape index (κ1) is 10.5. The molecule has 0 bridgehead atoms. The van der Waals surface area contributed by atoms with Crippen molar-refractivity contribution < 1.29 is 36.5 Å². The van der Waals surface area contributed by atoms with Crippen LogP contribution in [0.2, 0.25) is 0 Å². The third kappa shape index (κ3) is 3.07. The molecule has 1 aliphatic heterocycles. The van der Waals surface area contributed by atoms with Crippen LogP contribution in [0, 0.1) is 0 Å². The van der Waals surface area contributed by atoms with Gasteiger partial charge in [-0.05, 0) is 24.9 Å². The topological polar surface area (TPSA) is 49.4 Å². The average molecular weight is 344 g/mol. The number of carboxylic acids is 1. The van der Waals surface area contributed by atoms with Crippen molar-refractivity contribution in [3.63, 3.8) is 0 Å². The Balaban J connectivity index is 0.000000810. The van der Waals surface area contributed by atoms with Gasteiger partial charge in [-0.25, -0.2) is 0 Å². The van der Waals surface area contributed by atoms with Crippen LogP contribution in [-0.4, -0.2) is 17.8 Å². The molecule has 1 heterocycles. The van der Waals surface area contributed by atoms with Gasteiger partial charge in [0.1, 0.15) is 6.10 Å². The summed E-state index contributed by atoms with van der Waals surface area (Å²) in [6.45, 7) is 0. The van der Waals surface area contributed by atoms with Gasteiger partial charge in [-0.3, -0.25) is 0 Å². The van der Waals surface area contributed by atoms with E-state index in [1.165, 1.54) is 12.0 Å². The van der Waals surface area contributed by atoms with Crippen molar-refractivity contribution in [1.82, 2.24) is 0 Å². The van der Waals surface area contributed by atoms with Gasteiger partial charge in [-0.2, -0.15) is 0 Å². The zero-order valence-corrected chi connectivity index (χ0v) is 8.12. The molecular weight excluding hydrogens is 337 g/mol. The molecule has 0 amide bonds. The molecule has 0 aromatic heterocycles. The Kier molecular flexibility index (Phi) is 5.48. The second-order valence-electron chi connectivity index (χ2n) is 1.87. The first-order valence-corrected chi connectivity index (χ1v) is 3.71. The fourth-order valence-corrected chi connectivity index (χ4v) is 1.38. The summed E-state index contributed by atoms with van der Waals surface area (Å²) in [5.41, 5.74) is 0. The summed E-state index contributed by atoms with van der Waals surface area (Å²) in [7, 11) is 0. The number of rotatable bonds is 1. The molecular formula is C5H7AuO3S. The predicted molar refractivity (Wildman–Crippen MR) is 31.6 cm³/mol. The minimum atomic E-state index is -1.10. The molecule has 1 fully saturated rings. The zero-order chi connectivity index (χ0) is 6.69. The SMILES string of the molecule is O=C([O-])C1CCCSO1.[Au+]. The Bertz CT molecular complexity index is 113. The number of carbonyl (C=O) groups excluding carboxylic acids is 1. The molecule has 1 atom stereocenters. The van der Waals surface area contributed by atoms with E-state index < -0.39 is 12.1 Å². The molecule has 0 aromatic rings. The summed E-state index contributed by atoms with van der Waals surface area (Å²) >= 11 is 1.21. The second kappa shape index (κ2) is 5.21. The zero-order valence-electron chi connectivity index (χ0n) is 5.13. The van der Waals surface area contributed by atoms with Crippen LogP contribution in [0.3, 0.4) is 0 Å². The van der Waals surface area contributed by atoms with Gasteiger partial charge in [0.05, 0.1) is 5.97 Å². The molecule has 62 valence electrons. The summed E-state index contributed by atoms with van der Waals surface area (Å²) in [6, 6.07) is 0. The summed E-state index contributed by atoms with van der Waals surface area (Å²) < 4.78 is 4.79. The minimum absolute atomic E-state index is 0. The van der Waals surface area contributed by atoms with E-state index in [9.17, 15) is 9.90 Å². The quantitative estimate of drug-likeness (QED) is 0.478. The predicted octanol–water partition coefficient (Wildman–Crippen LogP) is -0.439. The molecule has 0 aromatic carbocycles. The third-order valence-electron chi connectivity index (χ3n) is 1.14. The number of hydrogen-bond acceptors (Lipinski definition) is 4. The van der Waals surface area contributed by atoms with Gasteiger partial charge in [0.25, 0.3) is 0 Å². The molecule has 0 saturated carbocycles. The minimum Gasteiger partial charge on any atom is -0.547 e. The van der Waals surface area contributed by atoms with Crippen LogP contribution in [0.15, 0.2) is 0 Å². The van der Waals surface area contributed by atoms with Gasteiger partial charge >= 0.3 is 22.4 Å². The molecule has 0 spiro atoms. The van der Waals surface area contributed by atoms with Crippen LogP contribution < -0.4 is 5.11 Å². The van der Waals surface area contributed by atoms with Crippen LogP contribution in [0.4, 0.5) is 0 Å². The van der Waals surface area contributed by atoms with Crippen LogP contribution in [0.5, 0.6) is 0 Å². The van der Waals surface area contributed by atoms with E-state index >= 15 is 0 Å². The summed E-state index contributed by atoms with van der Waals surface area (Å²) in [5, 5.41) is 10.1. The van der Waals surface area contributed by atoms with Crippen molar-refractivity contribution in [2.45, 2.75) is 18.9 Å². The van der Waals surface area contributed by atoms with E-state index in [-0.39, 0.29) is 22.4 Å². The van der Waals surface area contributed by atoms with E-state index in [1.807, 2.05) is 0 Å². The molecule has 3 nitrogen and oxygen atoms in total. The number of carboxylic acid groups (broad SMARTS) is 1. The molecule has 1 saturated heterocycles. The fraction of sp³-hybridized carbons (Fsp3) is 0.800. The van der Waals surface area contributed by atoms with Gasteiger partial charge in [0, 0.05) is 5.75 Å². The van der Waals surface area contributed by atoms with Crippen molar-refractivity contribution >= 4 is 18.0 Å². The van der Waals surface area contributed by atoms with Crippen LogP contribution in [0.1, 0.15) is 12.8 Å². The maximum atomic E-state index is 10.1. The van der Waals surface area contributed by atoms with Gasteiger partial charge in [0.2, 0.25) is 0 Å². The molecule has 1 aliphatic rings. The Morgan fingerprint density at radius 2 is 2.40 bits per heavy atom. The van der Waals surface area contributed by atoms with E-state index in [0.29, 0.717) is 6.42 Å². The van der Waals surface area contributed by atoms with Gasteiger partial charge in [-0.15, -0.1) is 0 Å². The van der Waals surface area contributed by atoms with Crippen molar-refractivity contribution in [2.75, 3.05) is 5.75 Å². The molecule has 1 rings (SSSR count). The summed E-state index contributed by atoms with van der Waals surface area (Å²) in [4.78, 5) is 10.1. The van der Waals surface area contributed by atoms with Crippen molar-refractivity contribution in [2.24, 2.45) is 0 Å². The molecule has 0 N–H and O–H groups in total. The summed E-state index contributed by atoms with van der Waals surface area (Å²) in [5.74, 6) is -0.203. The van der Waals surface area contributed by atoms with Crippen molar-refractivity contribution in [3.05, 3.63) is 0 Å². The average Bonchev–Trinajstić information content (AvgIpc) is 1.90. The van der Waals surface area contributed by atoms with Gasteiger partial charge in [-0.1, -0.05) is 0 Å². The van der Waals surface area contributed by atoms with E-state index in [0.717, 1.165) is 12.2 Å². The smallest absolute Gasteiger partial charge is 0.547 e. The fourth-order valence-electron chi connectivity index (χ4n) is 0.663. The number of carbonyl (C=O) groups is 1. The monoisotopic (exact) mass is 344 g/mol. The third-order valence-corrected chi connectivity index (χ3v) is 1.96. The maximum absolute atomic E-state index is 10.1. The molecule has 5 heteroatoms. The molecule has 0 radical (unpaired) electrons. The van der Waals surface area contributed by atoms with Crippen LogP contribution in [0.25, 0.3) is 0 Å². The first-order chi connectivity index (χ1) is 4.30. The van der Waals surface area contributed by atoms with Gasteiger partial charge < -0.3 is 14.1 Å². The van der Waals surface area contributed by atoms with Crippen molar-refractivity contribution in [1.29, 1.82) is 0 Å². The molecule has 10 heavy (non-hydrogen) atoms. The van der Waals surface area contributed by atoms with E-state index in [2.05, 4.69) is 0 Å². The Hall–Kier alpha value is 0.520. The first-order valence-electron chi connectivity index (χ1n) is 2.80. The van der Waals surface area contributed by atoms with Crippen LogP contribution >= 0.6 is 12.0 Å². The Morgan fingerprint density at radius 3 is 2.70 bits per heavy atom. The number of aliphatic carboxylic acids is 1. The van der Waals surface area contributed by atoms with E-state index in [1.54, 1.807) is 0 Å². The van der Waals surface area contributed by atoms with E-state index in [4.69, 9.17) is 4.18 Å². The Labute approximate surface area is 79.2 Å². The second-order valence-corrected chi connectivity index (χ2v) is 2.70. The maximum Gasteiger partial charge on any atom is 1.00 e. The molecule has 1 unspecified atom stereocenters. The normalized spacial score (nSPS) is 25.0. The van der Waals surface area contributed by atoms with Gasteiger partial charge in [0.15, 0.2) is 0 Å². The van der Waals surface area contributed by atoms with Crippen molar-refractivity contribution in [3.8, 4) is 0 Å².